The van der Waals surface area contributed by atoms with Gasteiger partial charge < -0.3 is 19.4 Å². The summed E-state index contributed by atoms with van der Waals surface area (Å²) in [6.07, 6.45) is 3.79. The Morgan fingerprint density at radius 1 is 1.39 bits per heavy atom. The first-order valence-corrected chi connectivity index (χ1v) is 11.5. The second-order valence-electron chi connectivity index (χ2n) is 8.19. The van der Waals surface area contributed by atoms with Gasteiger partial charge in [-0.2, -0.15) is 0 Å². The van der Waals surface area contributed by atoms with Crippen LogP contribution in [0.25, 0.3) is 10.2 Å². The number of carbonyl (C=O) groups excluding carboxylic acids is 1. The topological polar surface area (TPSA) is 84.5 Å². The first kappa shape index (κ1) is 20.5. The fourth-order valence-electron chi connectivity index (χ4n) is 4.57. The maximum atomic E-state index is 13.3. The van der Waals surface area contributed by atoms with Gasteiger partial charge in [0.05, 0.1) is 35.3 Å². The van der Waals surface area contributed by atoms with Gasteiger partial charge in [-0.15, -0.1) is 11.3 Å². The van der Waals surface area contributed by atoms with Crippen LogP contribution in [0, 0.1) is 6.92 Å². The standard InChI is InChI=1S/C22H22ClN3O4S/c1-13-17-19(27)24-12-25-20(17)31-18(13)21(28)26-8-2-7-22(11-26)9-16(10-29-22)30-15-5-3-14(23)4-6-15/h3-6,12,16H,2,7-11H2,1H3,(H,24,25,27)/t16-,22-/m1/s1. The van der Waals surface area contributed by atoms with E-state index < -0.39 is 5.60 Å². The van der Waals surface area contributed by atoms with E-state index in [2.05, 4.69) is 9.97 Å². The lowest BCUT2D eigenvalue weighted by Gasteiger charge is -2.39. The normalized spacial score (nSPS) is 23.5. The van der Waals surface area contributed by atoms with E-state index >= 15 is 0 Å². The number of rotatable bonds is 3. The van der Waals surface area contributed by atoms with Crippen LogP contribution in [-0.4, -0.2) is 52.2 Å². The summed E-state index contributed by atoms with van der Waals surface area (Å²) in [4.78, 5) is 35.3. The Morgan fingerprint density at radius 3 is 2.97 bits per heavy atom. The minimum Gasteiger partial charge on any atom is -0.488 e. The van der Waals surface area contributed by atoms with Crippen LogP contribution >= 0.6 is 22.9 Å². The molecule has 7 nitrogen and oxygen atoms in total. The summed E-state index contributed by atoms with van der Waals surface area (Å²) < 4.78 is 12.3. The maximum Gasteiger partial charge on any atom is 0.264 e. The summed E-state index contributed by atoms with van der Waals surface area (Å²) in [5.41, 5.74) is 0.0789. The Balaban J connectivity index is 1.32. The number of benzene rings is 1. The number of ether oxygens (including phenoxy) is 2. The number of carbonyl (C=O) groups is 1. The number of halogens is 1. The minimum absolute atomic E-state index is 0.0648. The molecule has 2 saturated heterocycles. The van der Waals surface area contributed by atoms with Gasteiger partial charge in [0.1, 0.15) is 16.7 Å². The molecule has 5 rings (SSSR count). The van der Waals surface area contributed by atoms with Gasteiger partial charge >= 0.3 is 0 Å². The summed E-state index contributed by atoms with van der Waals surface area (Å²) in [5, 5.41) is 1.16. The average molecular weight is 460 g/mol. The second-order valence-corrected chi connectivity index (χ2v) is 9.63. The van der Waals surface area contributed by atoms with Gasteiger partial charge in [0.2, 0.25) is 0 Å². The SMILES string of the molecule is Cc1c(C(=O)N2CCC[C@@]3(C[C@@H](Oc4ccc(Cl)cc4)CO3)C2)sc2nc[nH]c(=O)c12. The zero-order valence-corrected chi connectivity index (χ0v) is 18.6. The number of fused-ring (bicyclic) bond motifs is 1. The maximum absolute atomic E-state index is 13.3. The molecule has 2 aliphatic rings. The molecule has 2 atom stereocenters. The Hall–Kier alpha value is -2.42. The van der Waals surface area contributed by atoms with E-state index in [4.69, 9.17) is 21.1 Å². The highest BCUT2D eigenvalue weighted by molar-refractivity contribution is 7.20. The third-order valence-corrected chi connectivity index (χ3v) is 7.48. The Bertz CT molecular complexity index is 1190. The van der Waals surface area contributed by atoms with Crippen molar-refractivity contribution in [3.63, 3.8) is 0 Å². The Kier molecular flexibility index (Phi) is 5.24. The van der Waals surface area contributed by atoms with E-state index in [1.54, 1.807) is 12.1 Å². The summed E-state index contributed by atoms with van der Waals surface area (Å²) in [6.45, 7) is 3.49. The van der Waals surface area contributed by atoms with Crippen LogP contribution in [0.2, 0.25) is 5.02 Å². The molecule has 0 unspecified atom stereocenters. The number of nitrogens with one attached hydrogen (secondary N) is 1. The van der Waals surface area contributed by atoms with E-state index in [0.717, 1.165) is 25.0 Å². The zero-order chi connectivity index (χ0) is 21.6. The van der Waals surface area contributed by atoms with Crippen LogP contribution in [0.3, 0.4) is 0 Å². The average Bonchev–Trinajstić information content (AvgIpc) is 3.30. The second kappa shape index (κ2) is 7.93. The van der Waals surface area contributed by atoms with Crippen molar-refractivity contribution in [3.8, 4) is 5.75 Å². The van der Waals surface area contributed by atoms with Gasteiger partial charge in [0, 0.05) is 18.0 Å². The summed E-state index contributed by atoms with van der Waals surface area (Å²) >= 11 is 7.22. The smallest absolute Gasteiger partial charge is 0.264 e. The number of aromatic amines is 1. The number of aromatic nitrogens is 2. The highest BCUT2D eigenvalue weighted by atomic mass is 35.5. The predicted octanol–water partition coefficient (Wildman–Crippen LogP) is 3.79. The first-order valence-electron chi connectivity index (χ1n) is 10.3. The van der Waals surface area contributed by atoms with E-state index in [1.165, 1.54) is 17.7 Å². The molecule has 0 saturated carbocycles. The van der Waals surface area contributed by atoms with Gasteiger partial charge in [-0.05, 0) is 49.6 Å². The van der Waals surface area contributed by atoms with Crippen molar-refractivity contribution >= 4 is 39.1 Å². The molecule has 2 aliphatic heterocycles. The van der Waals surface area contributed by atoms with Gasteiger partial charge in [0.25, 0.3) is 11.5 Å². The number of hydrogen-bond donors (Lipinski definition) is 1. The van der Waals surface area contributed by atoms with Crippen molar-refractivity contribution in [2.75, 3.05) is 19.7 Å². The number of thiophene rings is 1. The number of nitrogens with zero attached hydrogens (tertiary/aromatic N) is 2. The largest absolute Gasteiger partial charge is 0.488 e. The molecule has 2 aromatic heterocycles. The zero-order valence-electron chi connectivity index (χ0n) is 17.0. The van der Waals surface area contributed by atoms with E-state index in [9.17, 15) is 9.59 Å². The molecule has 0 aliphatic carbocycles. The fraction of sp³-hybridized carbons (Fsp3) is 0.409. The van der Waals surface area contributed by atoms with Crippen molar-refractivity contribution in [1.29, 1.82) is 0 Å². The summed E-state index contributed by atoms with van der Waals surface area (Å²) in [6, 6.07) is 7.31. The number of amides is 1. The van der Waals surface area contributed by atoms with Crippen molar-refractivity contribution in [2.24, 2.45) is 0 Å². The quantitative estimate of drug-likeness (QED) is 0.644. The third kappa shape index (κ3) is 3.84. The molecule has 0 bridgehead atoms. The van der Waals surface area contributed by atoms with Crippen LogP contribution in [0.15, 0.2) is 35.4 Å². The molecule has 4 heterocycles. The molecule has 3 aromatic rings. The van der Waals surface area contributed by atoms with Gasteiger partial charge in [-0.25, -0.2) is 4.98 Å². The Labute approximate surface area is 188 Å². The number of hydrogen-bond acceptors (Lipinski definition) is 6. The van der Waals surface area contributed by atoms with Crippen LogP contribution in [0.1, 0.15) is 34.5 Å². The highest BCUT2D eigenvalue weighted by Gasteiger charge is 2.45. The lowest BCUT2D eigenvalue weighted by atomic mass is 9.89. The van der Waals surface area contributed by atoms with E-state index in [0.29, 0.717) is 45.4 Å². The molecule has 162 valence electrons. The molecule has 1 amide bonds. The molecule has 1 aromatic carbocycles. The predicted molar refractivity (Wildman–Crippen MR) is 119 cm³/mol. The molecule has 1 N–H and O–H groups in total. The van der Waals surface area contributed by atoms with Crippen molar-refractivity contribution in [1.82, 2.24) is 14.9 Å². The lowest BCUT2D eigenvalue weighted by Crippen LogP contribution is -2.50. The number of piperidine rings is 1. The number of H-pyrrole nitrogens is 1. The van der Waals surface area contributed by atoms with Crippen LogP contribution in [0.4, 0.5) is 0 Å². The van der Waals surface area contributed by atoms with Gasteiger partial charge in [-0.1, -0.05) is 11.6 Å². The molecule has 31 heavy (non-hydrogen) atoms. The Morgan fingerprint density at radius 2 is 2.19 bits per heavy atom. The molecule has 2 fully saturated rings. The van der Waals surface area contributed by atoms with Crippen molar-refractivity contribution in [3.05, 3.63) is 56.4 Å². The lowest BCUT2D eigenvalue weighted by molar-refractivity contribution is -0.0452. The van der Waals surface area contributed by atoms with Crippen LogP contribution in [0.5, 0.6) is 5.75 Å². The fourth-order valence-corrected chi connectivity index (χ4v) is 5.81. The van der Waals surface area contributed by atoms with Crippen molar-refractivity contribution in [2.45, 2.75) is 37.9 Å². The van der Waals surface area contributed by atoms with Crippen LogP contribution < -0.4 is 10.3 Å². The molecular formula is C22H22ClN3O4S. The first-order chi connectivity index (χ1) is 14.9. The minimum atomic E-state index is -0.398. The van der Waals surface area contributed by atoms with Crippen molar-refractivity contribution < 1.29 is 14.3 Å². The van der Waals surface area contributed by atoms with Crippen LogP contribution in [-0.2, 0) is 4.74 Å². The number of aryl methyl sites for hydroxylation is 1. The molecule has 0 radical (unpaired) electrons. The summed E-state index contributed by atoms with van der Waals surface area (Å²) in [7, 11) is 0. The molecule has 1 spiro atoms. The van der Waals surface area contributed by atoms with Gasteiger partial charge in [-0.3, -0.25) is 9.59 Å². The molecular weight excluding hydrogens is 438 g/mol. The number of likely N-dealkylation sites (tertiary alicyclic amines) is 1. The van der Waals surface area contributed by atoms with Gasteiger partial charge in [0.15, 0.2) is 0 Å². The summed E-state index contributed by atoms with van der Waals surface area (Å²) in [5.74, 6) is 0.696. The highest BCUT2D eigenvalue weighted by Crippen LogP contribution is 2.38. The molecule has 9 heteroatoms. The van der Waals surface area contributed by atoms with E-state index in [-0.39, 0.29) is 17.6 Å². The van der Waals surface area contributed by atoms with E-state index in [1.807, 2.05) is 24.0 Å². The monoisotopic (exact) mass is 459 g/mol. The third-order valence-electron chi connectivity index (χ3n) is 6.05.